The molecule has 2 amide bonds. The summed E-state index contributed by atoms with van der Waals surface area (Å²) in [4.78, 5) is 11.9. The number of carbonyl (C=O) groups is 1. The molecule has 1 aromatic carbocycles. The number of hydrogen-bond acceptors (Lipinski definition) is 2. The number of benzene rings is 1. The van der Waals surface area contributed by atoms with Crippen molar-refractivity contribution >= 4 is 11.7 Å². The summed E-state index contributed by atoms with van der Waals surface area (Å²) in [6, 6.07) is 8.22. The summed E-state index contributed by atoms with van der Waals surface area (Å²) in [5.74, 6) is 0. The largest absolute Gasteiger partial charge is 0.337 e. The lowest BCUT2D eigenvalue weighted by molar-refractivity contribution is 0.159. The molecule has 1 fully saturated rings. The van der Waals surface area contributed by atoms with Gasteiger partial charge < -0.3 is 16.0 Å². The van der Waals surface area contributed by atoms with Gasteiger partial charge in [0, 0.05) is 18.3 Å². The highest BCUT2D eigenvalue weighted by atomic mass is 16.2. The molecular formula is C17H27N3O. The zero-order valence-electron chi connectivity index (χ0n) is 13.3. The lowest BCUT2D eigenvalue weighted by atomic mass is 9.70. The predicted molar refractivity (Wildman–Crippen MR) is 87.5 cm³/mol. The first-order valence-electron chi connectivity index (χ1n) is 7.91. The normalized spacial score (nSPS) is 17.7. The molecule has 1 aliphatic carbocycles. The van der Waals surface area contributed by atoms with Crippen molar-refractivity contribution in [3.05, 3.63) is 29.8 Å². The Bertz CT molecular complexity index is 465. The predicted octanol–water partition coefficient (Wildman–Crippen LogP) is 3.67. The van der Waals surface area contributed by atoms with E-state index in [1.54, 1.807) is 0 Å². The minimum atomic E-state index is -0.115. The summed E-state index contributed by atoms with van der Waals surface area (Å²) in [5.41, 5.74) is 2.37. The topological polar surface area (TPSA) is 53.2 Å². The summed E-state index contributed by atoms with van der Waals surface area (Å²) in [7, 11) is 0. The maximum atomic E-state index is 11.9. The second kappa shape index (κ2) is 6.94. The first-order valence-corrected chi connectivity index (χ1v) is 7.91. The molecule has 0 heterocycles. The standard InChI is InChI=1S/C17H27N3O/c1-4-18-13(2)14-6-8-15(9-7-14)20-16(21)19-12-17(3)10-5-11-17/h6-9,13,18H,4-5,10-12H2,1-3H3,(H2,19,20,21). The molecule has 1 saturated carbocycles. The Kier molecular flexibility index (Phi) is 5.23. The van der Waals surface area contributed by atoms with Gasteiger partial charge >= 0.3 is 6.03 Å². The summed E-state index contributed by atoms with van der Waals surface area (Å²) >= 11 is 0. The highest BCUT2D eigenvalue weighted by Gasteiger charge is 2.31. The van der Waals surface area contributed by atoms with E-state index in [-0.39, 0.29) is 6.03 Å². The third kappa shape index (κ3) is 4.46. The minimum Gasteiger partial charge on any atom is -0.337 e. The Hall–Kier alpha value is -1.55. The fraction of sp³-hybridized carbons (Fsp3) is 0.588. The van der Waals surface area contributed by atoms with Crippen molar-refractivity contribution in [2.24, 2.45) is 5.41 Å². The molecule has 4 heteroatoms. The molecule has 21 heavy (non-hydrogen) atoms. The van der Waals surface area contributed by atoms with Gasteiger partial charge in [0.05, 0.1) is 0 Å². The fourth-order valence-electron chi connectivity index (χ4n) is 2.71. The van der Waals surface area contributed by atoms with Crippen LogP contribution in [0.1, 0.15) is 51.6 Å². The van der Waals surface area contributed by atoms with Crippen LogP contribution in [0.3, 0.4) is 0 Å². The van der Waals surface area contributed by atoms with Crippen molar-refractivity contribution in [2.45, 2.75) is 46.1 Å². The second-order valence-corrected chi connectivity index (χ2v) is 6.37. The van der Waals surface area contributed by atoms with Gasteiger partial charge in [-0.05, 0) is 49.4 Å². The molecule has 1 aromatic rings. The van der Waals surface area contributed by atoms with Crippen LogP contribution in [0, 0.1) is 5.41 Å². The Morgan fingerprint density at radius 3 is 2.48 bits per heavy atom. The van der Waals surface area contributed by atoms with Gasteiger partial charge in [0.1, 0.15) is 0 Å². The zero-order chi connectivity index (χ0) is 15.3. The van der Waals surface area contributed by atoms with Gasteiger partial charge in [-0.2, -0.15) is 0 Å². The van der Waals surface area contributed by atoms with E-state index < -0.39 is 0 Å². The molecule has 1 aliphatic rings. The molecule has 3 N–H and O–H groups in total. The van der Waals surface area contributed by atoms with Gasteiger partial charge in [0.2, 0.25) is 0 Å². The molecule has 2 rings (SSSR count). The summed E-state index contributed by atoms with van der Waals surface area (Å²) in [6.45, 7) is 8.17. The number of urea groups is 1. The molecule has 0 spiro atoms. The van der Waals surface area contributed by atoms with E-state index in [0.29, 0.717) is 11.5 Å². The SMILES string of the molecule is CCNC(C)c1ccc(NC(=O)NCC2(C)CCC2)cc1. The van der Waals surface area contributed by atoms with Crippen LogP contribution in [0.25, 0.3) is 0 Å². The van der Waals surface area contributed by atoms with Crippen molar-refractivity contribution < 1.29 is 4.79 Å². The van der Waals surface area contributed by atoms with Crippen LogP contribution in [-0.2, 0) is 0 Å². The summed E-state index contributed by atoms with van der Waals surface area (Å²) in [5, 5.41) is 9.23. The monoisotopic (exact) mass is 289 g/mol. The van der Waals surface area contributed by atoms with Crippen LogP contribution < -0.4 is 16.0 Å². The van der Waals surface area contributed by atoms with Crippen molar-refractivity contribution in [3.8, 4) is 0 Å². The van der Waals surface area contributed by atoms with E-state index in [1.165, 1.54) is 24.8 Å². The lowest BCUT2D eigenvalue weighted by Crippen LogP contribution is -2.41. The van der Waals surface area contributed by atoms with Gasteiger partial charge in [0.25, 0.3) is 0 Å². The smallest absolute Gasteiger partial charge is 0.319 e. The average molecular weight is 289 g/mol. The molecule has 4 nitrogen and oxygen atoms in total. The highest BCUT2D eigenvalue weighted by molar-refractivity contribution is 5.89. The van der Waals surface area contributed by atoms with E-state index in [4.69, 9.17) is 0 Å². The number of anilines is 1. The van der Waals surface area contributed by atoms with Crippen molar-refractivity contribution in [1.29, 1.82) is 0 Å². The fourth-order valence-corrected chi connectivity index (χ4v) is 2.71. The van der Waals surface area contributed by atoms with E-state index in [2.05, 4.69) is 48.9 Å². The van der Waals surface area contributed by atoms with Gasteiger partial charge in [-0.25, -0.2) is 4.79 Å². The molecule has 0 radical (unpaired) electrons. The van der Waals surface area contributed by atoms with Crippen molar-refractivity contribution in [2.75, 3.05) is 18.4 Å². The first kappa shape index (κ1) is 15.8. The Morgan fingerprint density at radius 2 is 1.95 bits per heavy atom. The van der Waals surface area contributed by atoms with Crippen LogP contribution in [0.2, 0.25) is 0 Å². The van der Waals surface area contributed by atoms with Gasteiger partial charge in [-0.1, -0.05) is 32.4 Å². The van der Waals surface area contributed by atoms with Crippen LogP contribution in [0.4, 0.5) is 10.5 Å². The van der Waals surface area contributed by atoms with E-state index >= 15 is 0 Å². The highest BCUT2D eigenvalue weighted by Crippen LogP contribution is 2.39. The molecule has 116 valence electrons. The molecular weight excluding hydrogens is 262 g/mol. The molecule has 1 atom stereocenters. The first-order chi connectivity index (χ1) is 10.0. The van der Waals surface area contributed by atoms with Gasteiger partial charge in [0.15, 0.2) is 0 Å². The minimum absolute atomic E-state index is 0.115. The number of rotatable bonds is 6. The molecule has 1 unspecified atom stereocenters. The van der Waals surface area contributed by atoms with Crippen molar-refractivity contribution in [1.82, 2.24) is 10.6 Å². The lowest BCUT2D eigenvalue weighted by Gasteiger charge is -2.38. The van der Waals surface area contributed by atoms with E-state index in [0.717, 1.165) is 18.8 Å². The maximum absolute atomic E-state index is 11.9. The van der Waals surface area contributed by atoms with Crippen LogP contribution in [0.15, 0.2) is 24.3 Å². The van der Waals surface area contributed by atoms with E-state index in [9.17, 15) is 4.79 Å². The Labute approximate surface area is 127 Å². The third-order valence-corrected chi connectivity index (χ3v) is 4.42. The number of carbonyl (C=O) groups excluding carboxylic acids is 1. The molecule has 0 bridgehead atoms. The quantitative estimate of drug-likeness (QED) is 0.748. The molecule has 0 aliphatic heterocycles. The summed E-state index contributed by atoms with van der Waals surface area (Å²) in [6.07, 6.45) is 3.71. The van der Waals surface area contributed by atoms with Crippen LogP contribution in [0.5, 0.6) is 0 Å². The van der Waals surface area contributed by atoms with Gasteiger partial charge in [-0.3, -0.25) is 0 Å². The molecule has 0 saturated heterocycles. The second-order valence-electron chi connectivity index (χ2n) is 6.37. The van der Waals surface area contributed by atoms with E-state index in [1.807, 2.05) is 12.1 Å². The van der Waals surface area contributed by atoms with Gasteiger partial charge in [-0.15, -0.1) is 0 Å². The third-order valence-electron chi connectivity index (χ3n) is 4.42. The Morgan fingerprint density at radius 1 is 1.29 bits per heavy atom. The summed E-state index contributed by atoms with van der Waals surface area (Å²) < 4.78 is 0. The van der Waals surface area contributed by atoms with Crippen LogP contribution >= 0.6 is 0 Å². The maximum Gasteiger partial charge on any atom is 0.319 e. The number of nitrogens with one attached hydrogen (secondary N) is 3. The Balaban J connectivity index is 1.80. The van der Waals surface area contributed by atoms with Crippen molar-refractivity contribution in [3.63, 3.8) is 0 Å². The number of hydrogen-bond donors (Lipinski definition) is 3. The van der Waals surface area contributed by atoms with Crippen LogP contribution in [-0.4, -0.2) is 19.1 Å². The number of amides is 2. The average Bonchev–Trinajstić information content (AvgIpc) is 2.44. The zero-order valence-corrected chi connectivity index (χ0v) is 13.3. The molecule has 0 aromatic heterocycles.